The number of thiazole rings is 1. The lowest BCUT2D eigenvalue weighted by atomic mass is 9.85. The summed E-state index contributed by atoms with van der Waals surface area (Å²) in [6.07, 6.45) is 5.82. The van der Waals surface area contributed by atoms with Crippen molar-refractivity contribution in [2.45, 2.75) is 98.0 Å². The van der Waals surface area contributed by atoms with E-state index in [1.54, 1.807) is 29.9 Å². The standard InChI is InChI=1S/C56H65N11O6S/c1-36-12-21-43(29-46(36)63-55-58-24-22-45(62-55)42-9-8-23-57-32-42)61-52(71)41-19-15-39(16-20-41)33-65-25-27-66(28-26-65)49(70)11-7-6-10-48(69)64-51(56(3,4)5)54(73)67-34-44(68)30-47(67)53(72)59-31-38-13-17-40(18-14-38)50-37(2)60-35-74-50/h8-9,12-24,29,32,35,44,47,51,68H,6-7,10-11,25-28,30-31,33-34H2,1-5H3,(H,59,72)(H,61,71)(H,64,69)(H,58,62,63). The van der Waals surface area contributed by atoms with Gasteiger partial charge in [-0.15, -0.1) is 11.3 Å². The molecule has 0 aliphatic carbocycles. The molecule has 2 saturated heterocycles. The second-order valence-corrected chi connectivity index (χ2v) is 21.0. The number of rotatable bonds is 18. The van der Waals surface area contributed by atoms with Crippen LogP contribution in [-0.2, 0) is 32.3 Å². The first kappa shape index (κ1) is 52.9. The van der Waals surface area contributed by atoms with Crippen LogP contribution in [0.15, 0.2) is 109 Å². The number of amides is 5. The quantitative estimate of drug-likeness (QED) is 0.0537. The molecule has 18 heteroatoms. The molecule has 0 spiro atoms. The normalized spacial score (nSPS) is 16.4. The van der Waals surface area contributed by atoms with Gasteiger partial charge in [0.25, 0.3) is 5.91 Å². The van der Waals surface area contributed by atoms with Crippen LogP contribution >= 0.6 is 11.3 Å². The van der Waals surface area contributed by atoms with Gasteiger partial charge in [-0.3, -0.25) is 33.9 Å². The van der Waals surface area contributed by atoms with E-state index in [1.165, 1.54) is 4.90 Å². The molecule has 2 fully saturated rings. The highest BCUT2D eigenvalue weighted by molar-refractivity contribution is 7.13. The smallest absolute Gasteiger partial charge is 0.255 e. The first-order chi connectivity index (χ1) is 35.6. The first-order valence-electron chi connectivity index (χ1n) is 25.1. The highest BCUT2D eigenvalue weighted by Gasteiger charge is 2.44. The fraction of sp³-hybridized carbons (Fsp3) is 0.375. The number of pyridine rings is 1. The number of carbonyl (C=O) groups is 5. The number of likely N-dealkylation sites (tertiary alicyclic amines) is 1. The number of anilines is 3. The van der Waals surface area contributed by atoms with Crippen LogP contribution in [0, 0.1) is 19.3 Å². The number of piperazine rings is 1. The largest absolute Gasteiger partial charge is 0.391 e. The predicted octanol–water partition coefficient (Wildman–Crippen LogP) is 7.29. The monoisotopic (exact) mass is 1020 g/mol. The van der Waals surface area contributed by atoms with Gasteiger partial charge in [0.2, 0.25) is 29.6 Å². The van der Waals surface area contributed by atoms with Crippen LogP contribution in [-0.4, -0.2) is 120 Å². The molecule has 5 amide bonds. The van der Waals surface area contributed by atoms with Gasteiger partial charge in [0.1, 0.15) is 12.1 Å². The average Bonchev–Trinajstić information content (AvgIpc) is 4.02. The Kier molecular flexibility index (Phi) is 17.2. The topological polar surface area (TPSA) is 215 Å². The van der Waals surface area contributed by atoms with E-state index < -0.39 is 29.5 Å². The Bertz CT molecular complexity index is 2920. The zero-order valence-electron chi connectivity index (χ0n) is 42.6. The van der Waals surface area contributed by atoms with Crippen LogP contribution in [0.2, 0.25) is 0 Å². The Morgan fingerprint density at radius 2 is 1.58 bits per heavy atom. The van der Waals surface area contributed by atoms with E-state index in [9.17, 15) is 29.1 Å². The number of hydrogen-bond acceptors (Lipinski definition) is 13. The number of aryl methyl sites for hydroxylation is 2. The molecule has 3 aromatic carbocycles. The van der Waals surface area contributed by atoms with Crippen molar-refractivity contribution in [2.75, 3.05) is 43.4 Å². The van der Waals surface area contributed by atoms with E-state index in [-0.39, 0.29) is 49.6 Å². The molecule has 0 bridgehead atoms. The Labute approximate surface area is 436 Å². The summed E-state index contributed by atoms with van der Waals surface area (Å²) in [5.74, 6) is -0.849. The van der Waals surface area contributed by atoms with Crippen molar-refractivity contribution >= 4 is 58.2 Å². The molecule has 6 aromatic rings. The number of nitrogens with zero attached hydrogens (tertiary/aromatic N) is 7. The molecule has 8 rings (SSSR count). The third kappa shape index (κ3) is 13.8. The Morgan fingerprint density at radius 3 is 2.28 bits per heavy atom. The van der Waals surface area contributed by atoms with Crippen LogP contribution in [0.3, 0.4) is 0 Å². The van der Waals surface area contributed by atoms with Crippen LogP contribution in [0.5, 0.6) is 0 Å². The number of benzene rings is 3. The number of β-amino-alcohol motifs (C(OH)–C–C–N with tert-alkyl or cyclic N) is 1. The van der Waals surface area contributed by atoms with Crippen molar-refractivity contribution in [3.63, 3.8) is 0 Å². The number of hydrogen-bond donors (Lipinski definition) is 5. The van der Waals surface area contributed by atoms with Gasteiger partial charge in [-0.1, -0.05) is 63.2 Å². The third-order valence-corrected chi connectivity index (χ3v) is 14.4. The van der Waals surface area contributed by atoms with E-state index in [0.29, 0.717) is 69.2 Å². The number of aliphatic hydroxyl groups excluding tert-OH is 1. The van der Waals surface area contributed by atoms with Gasteiger partial charge >= 0.3 is 0 Å². The fourth-order valence-corrected chi connectivity index (χ4v) is 9.97. The predicted molar refractivity (Wildman–Crippen MR) is 286 cm³/mol. The summed E-state index contributed by atoms with van der Waals surface area (Å²) < 4.78 is 0. The molecule has 74 heavy (non-hydrogen) atoms. The van der Waals surface area contributed by atoms with E-state index in [2.05, 4.69) is 46.1 Å². The number of nitrogens with one attached hydrogen (secondary N) is 4. The summed E-state index contributed by atoms with van der Waals surface area (Å²) in [5, 5.41) is 22.8. The van der Waals surface area contributed by atoms with E-state index >= 15 is 0 Å². The maximum absolute atomic E-state index is 14.1. The molecule has 0 saturated carbocycles. The van der Waals surface area contributed by atoms with Crippen molar-refractivity contribution in [1.29, 1.82) is 0 Å². The molecular formula is C56H65N11O6S. The number of aromatic nitrogens is 4. The summed E-state index contributed by atoms with van der Waals surface area (Å²) in [7, 11) is 0. The molecule has 0 radical (unpaired) electrons. The van der Waals surface area contributed by atoms with Gasteiger partial charge < -0.3 is 36.2 Å². The lowest BCUT2D eigenvalue weighted by Crippen LogP contribution is -2.57. The highest BCUT2D eigenvalue weighted by atomic mass is 32.1. The Hall–Kier alpha value is -7.41. The summed E-state index contributed by atoms with van der Waals surface area (Å²) in [4.78, 5) is 91.6. The second kappa shape index (κ2) is 24.1. The van der Waals surface area contributed by atoms with E-state index in [0.717, 1.165) is 49.8 Å². The molecule has 3 atom stereocenters. The minimum atomic E-state index is -0.930. The highest BCUT2D eigenvalue weighted by Crippen LogP contribution is 2.30. The molecule has 17 nitrogen and oxygen atoms in total. The second-order valence-electron chi connectivity index (χ2n) is 20.1. The summed E-state index contributed by atoms with van der Waals surface area (Å²) in [5.41, 5.74) is 9.60. The van der Waals surface area contributed by atoms with Gasteiger partial charge in [-0.05, 0) is 96.8 Å². The lowest BCUT2D eigenvalue weighted by Gasteiger charge is -2.35. The summed E-state index contributed by atoms with van der Waals surface area (Å²) in [6, 6.07) is 24.9. The van der Waals surface area contributed by atoms with Crippen molar-refractivity contribution in [2.24, 2.45) is 5.41 Å². The van der Waals surface area contributed by atoms with E-state index in [4.69, 9.17) is 0 Å². The Balaban J connectivity index is 0.737. The van der Waals surface area contributed by atoms with Crippen molar-refractivity contribution in [3.05, 3.63) is 137 Å². The van der Waals surface area contributed by atoms with Crippen LogP contribution in [0.4, 0.5) is 17.3 Å². The summed E-state index contributed by atoms with van der Waals surface area (Å²) >= 11 is 1.57. The summed E-state index contributed by atoms with van der Waals surface area (Å²) in [6.45, 7) is 13.0. The Morgan fingerprint density at radius 1 is 0.838 bits per heavy atom. The zero-order chi connectivity index (χ0) is 52.4. The maximum atomic E-state index is 14.1. The zero-order valence-corrected chi connectivity index (χ0v) is 43.5. The molecule has 3 aromatic heterocycles. The number of unbranched alkanes of at least 4 members (excludes halogenated alkanes) is 1. The maximum Gasteiger partial charge on any atom is 0.255 e. The molecule has 386 valence electrons. The minimum Gasteiger partial charge on any atom is -0.391 e. The SMILES string of the molecule is Cc1ccc(NC(=O)c2ccc(CN3CCN(C(=O)CCCCC(=O)NC(C(=O)N4CC(O)CC4C(=O)NCc4ccc(-c5scnc5C)cc4)C(C)(C)C)CC3)cc2)cc1Nc1nccc(-c2cccnc2)n1. The molecule has 5 heterocycles. The van der Waals surface area contributed by atoms with Crippen LogP contribution < -0.4 is 21.3 Å². The van der Waals surface area contributed by atoms with Gasteiger partial charge in [-0.25, -0.2) is 15.0 Å². The number of carbonyl (C=O) groups excluding carboxylic acids is 5. The van der Waals surface area contributed by atoms with Gasteiger partial charge in [-0.2, -0.15) is 0 Å². The van der Waals surface area contributed by atoms with Crippen molar-refractivity contribution in [1.82, 2.24) is 45.3 Å². The lowest BCUT2D eigenvalue weighted by molar-refractivity contribution is -0.144. The molecule has 2 aliphatic heterocycles. The first-order valence-corrected chi connectivity index (χ1v) is 26.0. The third-order valence-electron chi connectivity index (χ3n) is 13.5. The van der Waals surface area contributed by atoms with Gasteiger partial charge in [0.05, 0.1) is 27.9 Å². The fourth-order valence-electron chi connectivity index (χ4n) is 9.16. The van der Waals surface area contributed by atoms with E-state index in [1.807, 2.05) is 130 Å². The van der Waals surface area contributed by atoms with Crippen molar-refractivity contribution in [3.8, 4) is 21.7 Å². The molecule has 3 unspecified atom stereocenters. The average molecular weight is 1020 g/mol. The number of aliphatic hydroxyl groups is 1. The molecule has 2 aliphatic rings. The van der Waals surface area contributed by atoms with Crippen LogP contribution in [0.1, 0.15) is 85.6 Å². The van der Waals surface area contributed by atoms with Gasteiger partial charge in [0.15, 0.2) is 0 Å². The van der Waals surface area contributed by atoms with Crippen LogP contribution in [0.25, 0.3) is 21.7 Å². The molecular weight excluding hydrogens is 955 g/mol. The minimum absolute atomic E-state index is 0.00880. The van der Waals surface area contributed by atoms with Gasteiger partial charge in [0, 0.05) is 106 Å². The van der Waals surface area contributed by atoms with Crippen molar-refractivity contribution < 1.29 is 29.1 Å². The molecule has 5 N–H and O–H groups in total.